The first-order valence-electron chi connectivity index (χ1n) is 7.24. The molecule has 4 nitrogen and oxygen atoms in total. The average Bonchev–Trinajstić information content (AvgIpc) is 2.95. The molecule has 0 aliphatic carbocycles. The number of rotatable bonds is 4. The number of carbonyl (C=O) groups is 1. The van der Waals surface area contributed by atoms with Gasteiger partial charge in [-0.3, -0.25) is 0 Å². The fraction of sp³-hybridized carbons (Fsp3) is 0.167. The Labute approximate surface area is 149 Å². The lowest BCUT2D eigenvalue weighted by molar-refractivity contribution is 0.0594. The first kappa shape index (κ1) is 16.7. The molecule has 1 heterocycles. The molecule has 1 aromatic heterocycles. The zero-order valence-electron chi connectivity index (χ0n) is 13.2. The molecule has 0 unspecified atom stereocenters. The van der Waals surface area contributed by atoms with Gasteiger partial charge in [0.15, 0.2) is 0 Å². The first-order valence-corrected chi connectivity index (χ1v) is 8.00. The summed E-state index contributed by atoms with van der Waals surface area (Å²) in [6.07, 6.45) is 0.508. The van der Waals surface area contributed by atoms with Crippen molar-refractivity contribution >= 4 is 40.1 Å². The lowest BCUT2D eigenvalue weighted by Gasteiger charge is -2.06. The Morgan fingerprint density at radius 2 is 1.88 bits per heavy atom. The molecule has 24 heavy (non-hydrogen) atoms. The predicted octanol–water partition coefficient (Wildman–Crippen LogP) is 4.86. The smallest absolute Gasteiger partial charge is 0.354 e. The monoisotopic (exact) mass is 363 g/mol. The molecule has 124 valence electrons. The van der Waals surface area contributed by atoms with Gasteiger partial charge in [0, 0.05) is 17.3 Å². The van der Waals surface area contributed by atoms with Gasteiger partial charge in [-0.1, -0.05) is 29.3 Å². The number of carbonyl (C=O) groups excluding carboxylic acids is 1. The Kier molecular flexibility index (Phi) is 4.69. The van der Waals surface area contributed by atoms with Crippen molar-refractivity contribution < 1.29 is 14.3 Å². The zero-order valence-corrected chi connectivity index (χ0v) is 14.7. The average molecular weight is 364 g/mol. The van der Waals surface area contributed by atoms with E-state index in [0.717, 1.165) is 22.0 Å². The van der Waals surface area contributed by atoms with Crippen molar-refractivity contribution in [2.24, 2.45) is 0 Å². The van der Waals surface area contributed by atoms with E-state index in [9.17, 15) is 4.79 Å². The summed E-state index contributed by atoms with van der Waals surface area (Å²) < 4.78 is 10.2. The van der Waals surface area contributed by atoms with Crippen molar-refractivity contribution in [3.05, 3.63) is 63.3 Å². The van der Waals surface area contributed by atoms with Gasteiger partial charge in [0.1, 0.15) is 11.4 Å². The highest BCUT2D eigenvalue weighted by molar-refractivity contribution is 6.42. The number of hydrogen-bond acceptors (Lipinski definition) is 3. The van der Waals surface area contributed by atoms with Gasteiger partial charge in [-0.2, -0.15) is 0 Å². The van der Waals surface area contributed by atoms with Crippen molar-refractivity contribution in [1.29, 1.82) is 0 Å². The normalized spacial score (nSPS) is 10.8. The highest BCUT2D eigenvalue weighted by Gasteiger charge is 2.19. The summed E-state index contributed by atoms with van der Waals surface area (Å²) in [5.41, 5.74) is 3.03. The molecule has 0 saturated carbocycles. The molecule has 0 atom stereocenters. The van der Waals surface area contributed by atoms with Crippen LogP contribution in [0.1, 0.15) is 21.6 Å². The number of benzene rings is 2. The molecule has 3 rings (SSSR count). The van der Waals surface area contributed by atoms with Crippen LogP contribution in [0.25, 0.3) is 10.9 Å². The molecule has 0 radical (unpaired) electrons. The minimum Gasteiger partial charge on any atom is -0.497 e. The number of aromatic amines is 1. The molecule has 2 aromatic carbocycles. The van der Waals surface area contributed by atoms with E-state index in [4.69, 9.17) is 32.7 Å². The van der Waals surface area contributed by atoms with E-state index in [1.807, 2.05) is 24.3 Å². The van der Waals surface area contributed by atoms with Crippen molar-refractivity contribution in [2.45, 2.75) is 6.42 Å². The SMILES string of the molecule is COC(=O)c1[nH]c2ccc(OC)cc2c1Cc1ccc(Cl)c(Cl)c1. The van der Waals surface area contributed by atoms with Crippen LogP contribution in [0.2, 0.25) is 10.0 Å². The van der Waals surface area contributed by atoms with Gasteiger partial charge in [-0.15, -0.1) is 0 Å². The Bertz CT molecular complexity index is 918. The summed E-state index contributed by atoms with van der Waals surface area (Å²) in [5, 5.41) is 1.88. The number of methoxy groups -OCH3 is 2. The molecule has 6 heteroatoms. The van der Waals surface area contributed by atoms with Crippen LogP contribution in [0.15, 0.2) is 36.4 Å². The second kappa shape index (κ2) is 6.75. The third-order valence-electron chi connectivity index (χ3n) is 3.87. The standard InChI is InChI=1S/C18H15Cl2NO3/c1-23-11-4-6-16-12(9-11)13(17(21-16)18(22)24-2)7-10-3-5-14(19)15(20)8-10/h3-6,8-9,21H,7H2,1-2H3. The second-order valence-corrected chi connectivity index (χ2v) is 6.12. The molecule has 0 bridgehead atoms. The topological polar surface area (TPSA) is 51.3 Å². The summed E-state index contributed by atoms with van der Waals surface area (Å²) in [5.74, 6) is 0.300. The number of ether oxygens (including phenoxy) is 2. The zero-order chi connectivity index (χ0) is 17.3. The molecule has 0 aliphatic rings. The van der Waals surface area contributed by atoms with Gasteiger partial charge < -0.3 is 14.5 Å². The molecular formula is C18H15Cl2NO3. The van der Waals surface area contributed by atoms with E-state index in [1.54, 1.807) is 19.2 Å². The largest absolute Gasteiger partial charge is 0.497 e. The summed E-state index contributed by atoms with van der Waals surface area (Å²) >= 11 is 12.1. The van der Waals surface area contributed by atoms with E-state index in [2.05, 4.69) is 4.98 Å². The van der Waals surface area contributed by atoms with Crippen molar-refractivity contribution in [3.63, 3.8) is 0 Å². The minimum atomic E-state index is -0.416. The number of halogens is 2. The molecular weight excluding hydrogens is 349 g/mol. The van der Waals surface area contributed by atoms with Crippen LogP contribution < -0.4 is 4.74 Å². The first-order chi connectivity index (χ1) is 11.5. The van der Waals surface area contributed by atoms with Crippen LogP contribution in [0.3, 0.4) is 0 Å². The van der Waals surface area contributed by atoms with E-state index in [-0.39, 0.29) is 0 Å². The third kappa shape index (κ3) is 3.07. The Morgan fingerprint density at radius 3 is 2.54 bits per heavy atom. The Morgan fingerprint density at radius 1 is 1.08 bits per heavy atom. The maximum atomic E-state index is 12.1. The summed E-state index contributed by atoms with van der Waals surface area (Å²) in [6, 6.07) is 11.0. The Balaban J connectivity index is 2.15. The minimum absolute atomic E-state index is 0.416. The second-order valence-electron chi connectivity index (χ2n) is 5.31. The molecule has 0 spiro atoms. The Hall–Kier alpha value is -2.17. The van der Waals surface area contributed by atoms with Crippen LogP contribution in [0, 0.1) is 0 Å². The number of aromatic nitrogens is 1. The van der Waals surface area contributed by atoms with Crippen LogP contribution in [-0.2, 0) is 11.2 Å². The van der Waals surface area contributed by atoms with Gasteiger partial charge in [-0.25, -0.2) is 4.79 Å². The number of fused-ring (bicyclic) bond motifs is 1. The van der Waals surface area contributed by atoms with Crippen molar-refractivity contribution in [2.75, 3.05) is 14.2 Å². The van der Waals surface area contributed by atoms with Crippen molar-refractivity contribution in [3.8, 4) is 5.75 Å². The predicted molar refractivity (Wildman–Crippen MR) is 95.5 cm³/mol. The molecule has 1 N–H and O–H groups in total. The van der Waals surface area contributed by atoms with Crippen LogP contribution in [0.4, 0.5) is 0 Å². The van der Waals surface area contributed by atoms with Crippen LogP contribution in [-0.4, -0.2) is 25.2 Å². The van der Waals surface area contributed by atoms with Crippen LogP contribution in [0.5, 0.6) is 5.75 Å². The highest BCUT2D eigenvalue weighted by atomic mass is 35.5. The lowest BCUT2D eigenvalue weighted by Crippen LogP contribution is -2.05. The van der Waals surface area contributed by atoms with E-state index in [0.29, 0.717) is 27.9 Å². The fourth-order valence-corrected chi connectivity index (χ4v) is 2.99. The molecule has 0 amide bonds. The highest BCUT2D eigenvalue weighted by Crippen LogP contribution is 2.30. The van der Waals surface area contributed by atoms with Gasteiger partial charge in [-0.05, 0) is 41.5 Å². The van der Waals surface area contributed by atoms with E-state index >= 15 is 0 Å². The summed E-state index contributed by atoms with van der Waals surface area (Å²) in [7, 11) is 2.96. The van der Waals surface area contributed by atoms with E-state index < -0.39 is 5.97 Å². The summed E-state index contributed by atoms with van der Waals surface area (Å²) in [4.78, 5) is 15.3. The van der Waals surface area contributed by atoms with Gasteiger partial charge in [0.25, 0.3) is 0 Å². The van der Waals surface area contributed by atoms with Crippen LogP contribution >= 0.6 is 23.2 Å². The molecule has 0 saturated heterocycles. The molecule has 3 aromatic rings. The number of nitrogens with one attached hydrogen (secondary N) is 1. The van der Waals surface area contributed by atoms with Crippen molar-refractivity contribution in [1.82, 2.24) is 4.98 Å². The molecule has 0 fully saturated rings. The van der Waals surface area contributed by atoms with E-state index in [1.165, 1.54) is 7.11 Å². The maximum absolute atomic E-state index is 12.1. The lowest BCUT2D eigenvalue weighted by atomic mass is 10.0. The van der Waals surface area contributed by atoms with Gasteiger partial charge >= 0.3 is 5.97 Å². The van der Waals surface area contributed by atoms with Gasteiger partial charge in [0.2, 0.25) is 0 Å². The molecule has 0 aliphatic heterocycles. The number of hydrogen-bond donors (Lipinski definition) is 1. The maximum Gasteiger partial charge on any atom is 0.354 e. The van der Waals surface area contributed by atoms with Gasteiger partial charge in [0.05, 0.1) is 24.3 Å². The number of esters is 1. The third-order valence-corrected chi connectivity index (χ3v) is 4.61. The fourth-order valence-electron chi connectivity index (χ4n) is 2.67. The summed E-state index contributed by atoms with van der Waals surface area (Å²) in [6.45, 7) is 0. The quantitative estimate of drug-likeness (QED) is 0.673. The number of H-pyrrole nitrogens is 1.